The largest absolute Gasteiger partial charge is 0.352 e. The smallest absolute Gasteiger partial charge is 0.246 e. The Balaban J connectivity index is 1.41. The molecule has 0 spiro atoms. The van der Waals surface area contributed by atoms with Gasteiger partial charge in [-0.3, -0.25) is 19.2 Å². The lowest BCUT2D eigenvalue weighted by Gasteiger charge is -2.36. The number of amides is 4. The van der Waals surface area contributed by atoms with E-state index in [1.54, 1.807) is 51.6 Å². The first-order chi connectivity index (χ1) is 28.3. The molecule has 0 saturated carbocycles. The number of halogens is 4. The van der Waals surface area contributed by atoms with Crippen molar-refractivity contribution in [1.29, 1.82) is 0 Å². The number of nitrogens with one attached hydrogen (secondary N) is 5. The van der Waals surface area contributed by atoms with Crippen molar-refractivity contribution in [1.82, 2.24) is 45.6 Å². The first-order valence-corrected chi connectivity index (χ1v) is 20.7. The van der Waals surface area contributed by atoms with E-state index in [0.29, 0.717) is 27.7 Å². The lowest BCUT2D eigenvalue weighted by molar-refractivity contribution is -0.140. The summed E-state index contributed by atoms with van der Waals surface area (Å²) in [4.78, 5) is 65.3. The van der Waals surface area contributed by atoms with Gasteiger partial charge >= 0.3 is 0 Å². The van der Waals surface area contributed by atoms with Crippen LogP contribution in [-0.4, -0.2) is 124 Å². The number of aromatic amines is 1. The van der Waals surface area contributed by atoms with Crippen LogP contribution in [0.1, 0.15) is 66.4 Å². The number of nitrogens with zero attached hydrogens (tertiary/aromatic N) is 4. The average molecular weight is 840 g/mol. The molecule has 8 atom stereocenters. The van der Waals surface area contributed by atoms with E-state index in [1.807, 2.05) is 20.8 Å². The van der Waals surface area contributed by atoms with E-state index in [9.17, 15) is 28.0 Å². The van der Waals surface area contributed by atoms with Crippen molar-refractivity contribution in [3.8, 4) is 11.5 Å². The third kappa shape index (κ3) is 9.16. The third-order valence-electron chi connectivity index (χ3n) is 12.0. The van der Waals surface area contributed by atoms with Gasteiger partial charge in [0.25, 0.3) is 0 Å². The molecule has 5 N–H and O–H groups in total. The molecule has 4 aromatic rings. The minimum atomic E-state index is -1.37. The topological polar surface area (TPSA) is 156 Å². The molecule has 2 aliphatic rings. The number of alkyl halides is 2. The summed E-state index contributed by atoms with van der Waals surface area (Å²) >= 11 is 0. The number of fused-ring (bicyclic) bond motifs is 2. The third-order valence-corrected chi connectivity index (χ3v) is 12.0. The molecule has 0 unspecified atom stereocenters. The number of carbonyl (C=O) groups excluding carboxylic acids is 4. The molecule has 17 heteroatoms. The number of H-pyrrole nitrogens is 1. The van der Waals surface area contributed by atoms with Crippen LogP contribution in [0.15, 0.2) is 36.4 Å². The predicted molar refractivity (Wildman–Crippen MR) is 221 cm³/mol. The molecule has 4 amide bonds. The van der Waals surface area contributed by atoms with E-state index in [1.165, 1.54) is 34.1 Å². The zero-order valence-corrected chi connectivity index (χ0v) is 35.5. The van der Waals surface area contributed by atoms with Crippen LogP contribution in [0.4, 0.5) is 17.6 Å². The van der Waals surface area contributed by atoms with Crippen LogP contribution in [-0.2, 0) is 32.1 Å². The SMILES string of the molecule is CC[C@H](NC(=O)[C@H](C)NC)C(=O)N1C[C@@H](F)C[C@H]1Cc1c(-c2nc3cc(F)ccc3n2C[C@@H]2C[C@H](F)CN2C(=O)[C@@H](NC(=O)[C@H](C)NC)C(C)(C)C)[nH]c2cc(F)ccc12. The Hall–Kier alpha value is -5.03. The van der Waals surface area contributed by atoms with Crippen LogP contribution in [0.3, 0.4) is 0 Å². The molecule has 2 aromatic heterocycles. The molecule has 60 heavy (non-hydrogen) atoms. The second kappa shape index (κ2) is 17.9. The van der Waals surface area contributed by atoms with Crippen LogP contribution >= 0.6 is 0 Å². The van der Waals surface area contributed by atoms with Gasteiger partial charge in [-0.2, -0.15) is 0 Å². The van der Waals surface area contributed by atoms with Crippen LogP contribution in [0.2, 0.25) is 0 Å². The van der Waals surface area contributed by atoms with Crippen molar-refractivity contribution in [3.63, 3.8) is 0 Å². The summed E-state index contributed by atoms with van der Waals surface area (Å²) in [6.07, 6.45) is -2.34. The van der Waals surface area contributed by atoms with E-state index in [0.717, 1.165) is 0 Å². The van der Waals surface area contributed by atoms with Crippen molar-refractivity contribution in [3.05, 3.63) is 53.6 Å². The monoisotopic (exact) mass is 839 g/mol. The quantitative estimate of drug-likeness (QED) is 0.117. The Morgan fingerprint density at radius 2 is 1.43 bits per heavy atom. The fourth-order valence-electron chi connectivity index (χ4n) is 8.36. The van der Waals surface area contributed by atoms with Gasteiger partial charge in [-0.1, -0.05) is 27.7 Å². The molecule has 6 rings (SSSR count). The maximum absolute atomic E-state index is 15.5. The molecule has 326 valence electrons. The summed E-state index contributed by atoms with van der Waals surface area (Å²) in [7, 11) is 3.26. The van der Waals surface area contributed by atoms with Crippen molar-refractivity contribution in [2.45, 2.75) is 122 Å². The maximum atomic E-state index is 15.5. The summed E-state index contributed by atoms with van der Waals surface area (Å²) in [6, 6.07) is 3.89. The summed E-state index contributed by atoms with van der Waals surface area (Å²) in [5, 5.41) is 12.0. The van der Waals surface area contributed by atoms with Gasteiger partial charge in [-0.05, 0) is 82.1 Å². The van der Waals surface area contributed by atoms with E-state index in [-0.39, 0.29) is 68.5 Å². The van der Waals surface area contributed by atoms with Gasteiger partial charge in [0, 0.05) is 42.4 Å². The van der Waals surface area contributed by atoms with Crippen LogP contribution < -0.4 is 21.3 Å². The minimum Gasteiger partial charge on any atom is -0.352 e. The van der Waals surface area contributed by atoms with Crippen LogP contribution in [0.5, 0.6) is 0 Å². The second-order valence-corrected chi connectivity index (χ2v) is 17.3. The minimum absolute atomic E-state index is 0.00753. The maximum Gasteiger partial charge on any atom is 0.246 e. The highest BCUT2D eigenvalue weighted by molar-refractivity contribution is 5.93. The Morgan fingerprint density at radius 1 is 0.850 bits per heavy atom. The molecular formula is C43H57F4N9O4. The number of rotatable bonds is 14. The summed E-state index contributed by atoms with van der Waals surface area (Å²) in [5.74, 6) is -2.41. The zero-order valence-electron chi connectivity index (χ0n) is 35.5. The predicted octanol–water partition coefficient (Wildman–Crippen LogP) is 4.52. The molecule has 4 heterocycles. The fourth-order valence-corrected chi connectivity index (χ4v) is 8.36. The fraction of sp³-hybridized carbons (Fsp3) is 0.558. The number of benzene rings is 2. The second-order valence-electron chi connectivity index (χ2n) is 17.3. The zero-order chi connectivity index (χ0) is 43.8. The van der Waals surface area contributed by atoms with Gasteiger partial charge in [0.15, 0.2) is 5.82 Å². The van der Waals surface area contributed by atoms with Gasteiger partial charge < -0.3 is 40.6 Å². The summed E-state index contributed by atoms with van der Waals surface area (Å²) < 4.78 is 62.3. The molecule has 0 radical (unpaired) electrons. The Labute approximate surface area is 347 Å². The average Bonchev–Trinajstić information content (AvgIpc) is 3.96. The van der Waals surface area contributed by atoms with Gasteiger partial charge in [-0.15, -0.1) is 0 Å². The number of carbonyl (C=O) groups is 4. The van der Waals surface area contributed by atoms with Crippen molar-refractivity contribution >= 4 is 45.6 Å². The summed E-state index contributed by atoms with van der Waals surface area (Å²) in [5.41, 5.74) is 1.42. The highest BCUT2D eigenvalue weighted by Gasteiger charge is 2.44. The summed E-state index contributed by atoms with van der Waals surface area (Å²) in [6.45, 7) is 10.2. The lowest BCUT2D eigenvalue weighted by Crippen LogP contribution is -2.58. The molecule has 2 aromatic carbocycles. The number of likely N-dealkylation sites (N-methyl/N-ethyl adjacent to an activating group) is 2. The standard InChI is InChI=1S/C43H57F4N9O4/c1-9-32(52-39(57)22(2)48-7)41(59)54-19-26(46)14-28(54)18-31-30-12-10-24(44)16-33(30)50-36(31)38-51-34-17-25(45)11-13-35(34)56(38)21-29-15-27(47)20-55(29)42(60)37(43(4,5)6)53-40(58)23(3)49-8/h10-13,16-17,22-23,26-29,32,37,48-50H,9,14-15,18-21H2,1-8H3,(H,52,57)(H,53,58)/t22-,23-,26-,27-,28-,29-,32-,37+/m0/s1. The van der Waals surface area contributed by atoms with E-state index >= 15 is 8.78 Å². The van der Waals surface area contributed by atoms with Crippen molar-refractivity contribution in [2.75, 3.05) is 27.2 Å². The molecule has 0 aliphatic carbocycles. The number of imidazole rings is 1. The van der Waals surface area contributed by atoms with Gasteiger partial charge in [-0.25, -0.2) is 22.5 Å². The Morgan fingerprint density at radius 3 is 2.05 bits per heavy atom. The Kier molecular flexibility index (Phi) is 13.3. The van der Waals surface area contributed by atoms with Gasteiger partial charge in [0.2, 0.25) is 23.6 Å². The normalized spacial score (nSPS) is 21.7. The number of hydrogen-bond acceptors (Lipinski definition) is 7. The molecule has 13 nitrogen and oxygen atoms in total. The first kappa shape index (κ1) is 44.5. The van der Waals surface area contributed by atoms with Crippen molar-refractivity contribution < 1.29 is 36.7 Å². The Bertz CT molecular complexity index is 2240. The molecule has 2 fully saturated rings. The number of aromatic nitrogens is 3. The first-order valence-electron chi connectivity index (χ1n) is 20.7. The van der Waals surface area contributed by atoms with E-state index in [4.69, 9.17) is 4.98 Å². The molecule has 2 saturated heterocycles. The van der Waals surface area contributed by atoms with Crippen LogP contribution in [0.25, 0.3) is 33.5 Å². The van der Waals surface area contributed by atoms with Gasteiger partial charge in [0.1, 0.15) is 36.1 Å². The number of likely N-dealkylation sites (tertiary alicyclic amines) is 2. The molecule has 0 bridgehead atoms. The highest BCUT2D eigenvalue weighted by Crippen LogP contribution is 2.37. The molecular weight excluding hydrogens is 783 g/mol. The highest BCUT2D eigenvalue weighted by atomic mass is 19.1. The molecule has 2 aliphatic heterocycles. The van der Waals surface area contributed by atoms with Gasteiger partial charge in [0.05, 0.1) is 47.9 Å². The van der Waals surface area contributed by atoms with Crippen LogP contribution in [0, 0.1) is 17.0 Å². The van der Waals surface area contributed by atoms with E-state index < -0.39 is 77.5 Å². The lowest BCUT2D eigenvalue weighted by atomic mass is 9.85. The van der Waals surface area contributed by atoms with Crippen molar-refractivity contribution in [2.24, 2.45) is 5.41 Å². The van der Waals surface area contributed by atoms with E-state index in [2.05, 4.69) is 26.3 Å². The number of hydrogen-bond donors (Lipinski definition) is 5.